The summed E-state index contributed by atoms with van der Waals surface area (Å²) in [6, 6.07) is 4.66. The highest BCUT2D eigenvalue weighted by Crippen LogP contribution is 2.18. The van der Waals surface area contributed by atoms with Gasteiger partial charge in [0.15, 0.2) is 0 Å². The molecule has 0 radical (unpaired) electrons. The second kappa shape index (κ2) is 6.43. The number of anilines is 1. The van der Waals surface area contributed by atoms with E-state index in [9.17, 15) is 8.42 Å². The predicted octanol–water partition coefficient (Wildman–Crippen LogP) is 1.52. The molecule has 0 fully saturated rings. The smallest absolute Gasteiger partial charge is 0.262 e. The van der Waals surface area contributed by atoms with Crippen molar-refractivity contribution in [1.82, 2.24) is 5.16 Å². The SMILES string of the molecule is Cc1cc(S(=O)(=O)Nc2cnoc2)ccc1C#CCCO. The van der Waals surface area contributed by atoms with Crippen LogP contribution in [0, 0.1) is 18.8 Å². The number of sulfonamides is 1. The number of aliphatic hydroxyl groups excluding tert-OH is 1. The van der Waals surface area contributed by atoms with Crippen LogP contribution in [0.3, 0.4) is 0 Å². The maximum absolute atomic E-state index is 12.2. The largest absolute Gasteiger partial charge is 0.395 e. The first-order valence-corrected chi connectivity index (χ1v) is 7.64. The fourth-order valence-electron chi connectivity index (χ4n) is 1.63. The molecule has 1 heterocycles. The fraction of sp³-hybridized carbons (Fsp3) is 0.214. The number of aliphatic hydroxyl groups is 1. The molecule has 2 rings (SSSR count). The number of aryl methyl sites for hydroxylation is 1. The van der Waals surface area contributed by atoms with E-state index in [4.69, 9.17) is 5.11 Å². The Kier molecular flexibility index (Phi) is 4.62. The summed E-state index contributed by atoms with van der Waals surface area (Å²) in [6.45, 7) is 1.78. The summed E-state index contributed by atoms with van der Waals surface area (Å²) in [6.07, 6.45) is 2.87. The third kappa shape index (κ3) is 3.84. The van der Waals surface area contributed by atoms with Crippen molar-refractivity contribution in [1.29, 1.82) is 0 Å². The average molecular weight is 306 g/mol. The zero-order valence-corrected chi connectivity index (χ0v) is 12.1. The Labute approximate surface area is 122 Å². The molecule has 0 amide bonds. The molecule has 1 aromatic carbocycles. The van der Waals surface area contributed by atoms with E-state index in [1.807, 2.05) is 0 Å². The summed E-state index contributed by atoms with van der Waals surface area (Å²) < 4.78 is 31.3. The minimum absolute atomic E-state index is 0.00116. The van der Waals surface area contributed by atoms with E-state index >= 15 is 0 Å². The number of aromatic nitrogens is 1. The van der Waals surface area contributed by atoms with Crippen molar-refractivity contribution in [2.45, 2.75) is 18.2 Å². The van der Waals surface area contributed by atoms with Crippen LogP contribution < -0.4 is 4.72 Å². The van der Waals surface area contributed by atoms with Crippen LogP contribution >= 0.6 is 0 Å². The molecule has 6 nitrogen and oxygen atoms in total. The summed E-state index contributed by atoms with van der Waals surface area (Å²) in [5, 5.41) is 12.1. The number of hydrogen-bond acceptors (Lipinski definition) is 5. The minimum Gasteiger partial charge on any atom is -0.395 e. The lowest BCUT2D eigenvalue weighted by atomic mass is 10.1. The van der Waals surface area contributed by atoms with Crippen molar-refractivity contribution in [2.24, 2.45) is 0 Å². The minimum atomic E-state index is -3.69. The normalized spacial score (nSPS) is 10.8. The Bertz CT molecular complexity index is 771. The summed E-state index contributed by atoms with van der Waals surface area (Å²) in [4.78, 5) is 0.133. The van der Waals surface area contributed by atoms with Gasteiger partial charge in [-0.2, -0.15) is 0 Å². The molecule has 110 valence electrons. The van der Waals surface area contributed by atoms with Crippen molar-refractivity contribution in [3.63, 3.8) is 0 Å². The van der Waals surface area contributed by atoms with Gasteiger partial charge in [0.2, 0.25) is 0 Å². The van der Waals surface area contributed by atoms with E-state index in [0.29, 0.717) is 6.42 Å². The van der Waals surface area contributed by atoms with Crippen LogP contribution in [0.25, 0.3) is 0 Å². The first-order chi connectivity index (χ1) is 10.0. The van der Waals surface area contributed by atoms with Gasteiger partial charge in [-0.25, -0.2) is 8.42 Å². The van der Waals surface area contributed by atoms with Crippen molar-refractivity contribution in [3.05, 3.63) is 41.8 Å². The lowest BCUT2D eigenvalue weighted by molar-refractivity contribution is 0.305. The van der Waals surface area contributed by atoms with Gasteiger partial charge in [0.1, 0.15) is 12.0 Å². The molecule has 0 aliphatic carbocycles. The van der Waals surface area contributed by atoms with E-state index in [0.717, 1.165) is 11.1 Å². The molecule has 0 atom stereocenters. The van der Waals surface area contributed by atoms with Crippen LogP contribution in [-0.2, 0) is 10.0 Å². The van der Waals surface area contributed by atoms with E-state index in [1.165, 1.54) is 18.5 Å². The van der Waals surface area contributed by atoms with Crippen LogP contribution in [0.5, 0.6) is 0 Å². The molecule has 2 N–H and O–H groups in total. The van der Waals surface area contributed by atoms with E-state index < -0.39 is 10.0 Å². The maximum Gasteiger partial charge on any atom is 0.262 e. The molecule has 0 unspecified atom stereocenters. The Morgan fingerprint density at radius 1 is 1.43 bits per heavy atom. The van der Waals surface area contributed by atoms with Gasteiger partial charge in [-0.1, -0.05) is 17.0 Å². The van der Waals surface area contributed by atoms with Gasteiger partial charge in [-0.3, -0.25) is 4.72 Å². The van der Waals surface area contributed by atoms with Gasteiger partial charge in [-0.05, 0) is 30.7 Å². The van der Waals surface area contributed by atoms with Crippen molar-refractivity contribution in [2.75, 3.05) is 11.3 Å². The summed E-state index contributed by atoms with van der Waals surface area (Å²) in [5.74, 6) is 5.69. The molecular formula is C14H14N2O4S. The molecule has 2 aromatic rings. The quantitative estimate of drug-likeness (QED) is 0.835. The number of rotatable bonds is 4. The average Bonchev–Trinajstić information content (AvgIpc) is 2.93. The molecule has 0 bridgehead atoms. The molecule has 0 saturated carbocycles. The fourth-order valence-corrected chi connectivity index (χ4v) is 2.73. The molecule has 0 saturated heterocycles. The Morgan fingerprint density at radius 3 is 2.86 bits per heavy atom. The Hall–Kier alpha value is -2.30. The summed E-state index contributed by atoms with van der Waals surface area (Å²) in [5.41, 5.74) is 1.74. The van der Waals surface area contributed by atoms with E-state index in [2.05, 4.69) is 26.2 Å². The van der Waals surface area contributed by atoms with Gasteiger partial charge >= 0.3 is 0 Å². The highest BCUT2D eigenvalue weighted by molar-refractivity contribution is 7.92. The second-order valence-electron chi connectivity index (χ2n) is 4.27. The molecule has 0 spiro atoms. The molecule has 7 heteroatoms. The van der Waals surface area contributed by atoms with Crippen LogP contribution in [-0.4, -0.2) is 25.3 Å². The predicted molar refractivity (Wildman–Crippen MR) is 77.1 cm³/mol. The molecule has 0 aliphatic rings. The lowest BCUT2D eigenvalue weighted by Gasteiger charge is -2.07. The van der Waals surface area contributed by atoms with Gasteiger partial charge in [0, 0.05) is 12.0 Å². The lowest BCUT2D eigenvalue weighted by Crippen LogP contribution is -2.12. The van der Waals surface area contributed by atoms with Gasteiger partial charge in [-0.15, -0.1) is 0 Å². The van der Waals surface area contributed by atoms with Crippen LogP contribution in [0.1, 0.15) is 17.5 Å². The highest BCUT2D eigenvalue weighted by atomic mass is 32.2. The second-order valence-corrected chi connectivity index (χ2v) is 5.95. The van der Waals surface area contributed by atoms with Gasteiger partial charge in [0.25, 0.3) is 10.0 Å². The van der Waals surface area contributed by atoms with Crippen molar-refractivity contribution < 1.29 is 18.0 Å². The third-order valence-electron chi connectivity index (χ3n) is 2.65. The Balaban J connectivity index is 2.25. The first-order valence-electron chi connectivity index (χ1n) is 6.15. The summed E-state index contributed by atoms with van der Waals surface area (Å²) >= 11 is 0. The molecule has 1 aromatic heterocycles. The summed E-state index contributed by atoms with van der Waals surface area (Å²) in [7, 11) is -3.69. The monoisotopic (exact) mass is 306 g/mol. The van der Waals surface area contributed by atoms with Crippen LogP contribution in [0.15, 0.2) is 40.1 Å². The topological polar surface area (TPSA) is 92.4 Å². The van der Waals surface area contributed by atoms with Crippen LogP contribution in [0.2, 0.25) is 0 Å². The first kappa shape index (κ1) is 15.1. The highest BCUT2D eigenvalue weighted by Gasteiger charge is 2.15. The number of benzene rings is 1. The van der Waals surface area contributed by atoms with Gasteiger partial charge < -0.3 is 9.63 Å². The molecular weight excluding hydrogens is 292 g/mol. The zero-order chi connectivity index (χ0) is 15.3. The third-order valence-corrected chi connectivity index (χ3v) is 4.03. The zero-order valence-electron chi connectivity index (χ0n) is 11.3. The molecule has 0 aliphatic heterocycles. The van der Waals surface area contributed by atoms with E-state index in [1.54, 1.807) is 19.1 Å². The number of nitrogens with zero attached hydrogens (tertiary/aromatic N) is 1. The number of hydrogen-bond donors (Lipinski definition) is 2. The Morgan fingerprint density at radius 2 is 2.24 bits per heavy atom. The van der Waals surface area contributed by atoms with Gasteiger partial charge in [0.05, 0.1) is 17.7 Å². The van der Waals surface area contributed by atoms with E-state index in [-0.39, 0.29) is 17.2 Å². The molecule has 21 heavy (non-hydrogen) atoms. The standard InChI is InChI=1S/C14H14N2O4S/c1-11-8-14(6-5-12(11)4-2-3-7-17)21(18,19)16-13-9-15-20-10-13/h5-6,8-10,16-17H,3,7H2,1H3. The van der Waals surface area contributed by atoms with Crippen molar-refractivity contribution in [3.8, 4) is 11.8 Å². The number of nitrogens with one attached hydrogen (secondary N) is 1. The maximum atomic E-state index is 12.2. The van der Waals surface area contributed by atoms with Crippen LogP contribution in [0.4, 0.5) is 5.69 Å². The van der Waals surface area contributed by atoms with Crippen molar-refractivity contribution >= 4 is 15.7 Å².